The normalized spacial score (nSPS) is 14.2. The molecule has 0 fully saturated rings. The van der Waals surface area contributed by atoms with Crippen molar-refractivity contribution in [3.8, 4) is 22.6 Å². The molecule has 1 heterocycles. The van der Waals surface area contributed by atoms with Gasteiger partial charge in [0.15, 0.2) is 0 Å². The maximum absolute atomic E-state index is 13.1. The molecule has 0 aliphatic carbocycles. The van der Waals surface area contributed by atoms with Gasteiger partial charge in [-0.3, -0.25) is 14.9 Å². The first-order valence-corrected chi connectivity index (χ1v) is 11.3. The number of carbonyl (C=O) groups is 1. The molecule has 1 aliphatic heterocycles. The Morgan fingerprint density at radius 3 is 2.51 bits per heavy atom. The lowest BCUT2D eigenvalue weighted by molar-refractivity contribution is -0.385. The number of nitrogens with one attached hydrogen (secondary N) is 1. The lowest BCUT2D eigenvalue weighted by Gasteiger charge is -2.39. The van der Waals surface area contributed by atoms with Crippen LogP contribution in [-0.2, 0) is 11.4 Å². The van der Waals surface area contributed by atoms with E-state index < -0.39 is 10.5 Å². The minimum atomic E-state index is -0.786. The van der Waals surface area contributed by atoms with Crippen molar-refractivity contribution in [3.63, 3.8) is 0 Å². The average Bonchev–Trinajstić information content (AvgIpc) is 2.81. The number of carbonyl (C=O) groups excluding carboxylic acids is 1. The Balaban J connectivity index is 1.89. The molecule has 1 amide bonds. The highest BCUT2D eigenvalue weighted by Gasteiger charge is 2.38. The summed E-state index contributed by atoms with van der Waals surface area (Å²) in [4.78, 5) is 25.6. The lowest BCUT2D eigenvalue weighted by atomic mass is 9.92. The molecule has 182 valence electrons. The molecule has 1 aliphatic rings. The molecule has 0 bridgehead atoms. The standard InChI is InChI=1S/C26H26ClN3O5/c1-15-6-8-17(30(32)33)13-23(15)35-14-20-18(19-12-16(27)7-11-22(19)34-5)9-10-21-24(20)29(4)25(31)26(2,3)28-21/h6-13,28H,14H2,1-5H3. The number of nitrogens with zero attached hydrogens (tertiary/aromatic N) is 2. The molecule has 0 radical (unpaired) electrons. The maximum Gasteiger partial charge on any atom is 0.273 e. The van der Waals surface area contributed by atoms with Crippen LogP contribution in [0.2, 0.25) is 5.02 Å². The summed E-state index contributed by atoms with van der Waals surface area (Å²) >= 11 is 6.32. The number of benzene rings is 3. The molecule has 35 heavy (non-hydrogen) atoms. The van der Waals surface area contributed by atoms with Gasteiger partial charge in [0.2, 0.25) is 0 Å². The first-order valence-electron chi connectivity index (χ1n) is 11.0. The molecular formula is C26H26ClN3O5. The second-order valence-corrected chi connectivity index (χ2v) is 9.38. The summed E-state index contributed by atoms with van der Waals surface area (Å²) in [5, 5.41) is 15.1. The molecule has 8 nitrogen and oxygen atoms in total. The van der Waals surface area contributed by atoms with Crippen molar-refractivity contribution in [3.05, 3.63) is 74.8 Å². The van der Waals surface area contributed by atoms with Crippen molar-refractivity contribution >= 4 is 34.6 Å². The second kappa shape index (κ2) is 9.11. The van der Waals surface area contributed by atoms with Crippen molar-refractivity contribution in [1.29, 1.82) is 0 Å². The second-order valence-electron chi connectivity index (χ2n) is 8.94. The fourth-order valence-electron chi connectivity index (χ4n) is 4.33. The van der Waals surface area contributed by atoms with Crippen molar-refractivity contribution in [2.45, 2.75) is 32.9 Å². The Bertz CT molecular complexity index is 1340. The SMILES string of the molecule is COc1ccc(Cl)cc1-c1ccc2c(c1COc1cc([N+](=O)[O-])ccc1C)N(C)C(=O)C(C)(C)N2. The first-order chi connectivity index (χ1) is 16.5. The van der Waals surface area contributed by atoms with E-state index in [2.05, 4.69) is 5.32 Å². The molecule has 0 spiro atoms. The number of aryl methyl sites for hydroxylation is 1. The Hall–Kier alpha value is -3.78. The van der Waals surface area contributed by atoms with Crippen LogP contribution in [0.15, 0.2) is 48.5 Å². The van der Waals surface area contributed by atoms with Crippen LogP contribution in [0.5, 0.6) is 11.5 Å². The van der Waals surface area contributed by atoms with Gasteiger partial charge in [-0.1, -0.05) is 17.7 Å². The third-order valence-electron chi connectivity index (χ3n) is 6.11. The fraction of sp³-hybridized carbons (Fsp3) is 0.269. The monoisotopic (exact) mass is 495 g/mol. The molecule has 0 saturated heterocycles. The fourth-order valence-corrected chi connectivity index (χ4v) is 4.50. The summed E-state index contributed by atoms with van der Waals surface area (Å²) in [6.45, 7) is 5.52. The van der Waals surface area contributed by atoms with Crippen LogP contribution in [0.4, 0.5) is 17.1 Å². The number of ether oxygens (including phenoxy) is 2. The highest BCUT2D eigenvalue weighted by Crippen LogP contribution is 2.45. The molecule has 3 aromatic rings. The van der Waals surface area contributed by atoms with Crippen LogP contribution in [-0.4, -0.2) is 30.5 Å². The van der Waals surface area contributed by atoms with E-state index in [1.54, 1.807) is 43.3 Å². The molecule has 0 aromatic heterocycles. The van der Waals surface area contributed by atoms with E-state index in [-0.39, 0.29) is 18.2 Å². The van der Waals surface area contributed by atoms with Gasteiger partial charge in [-0.25, -0.2) is 0 Å². The average molecular weight is 496 g/mol. The molecule has 0 saturated carbocycles. The smallest absolute Gasteiger partial charge is 0.273 e. The number of non-ortho nitro benzene ring substituents is 1. The van der Waals surface area contributed by atoms with Gasteiger partial charge in [0.1, 0.15) is 23.6 Å². The zero-order valence-corrected chi connectivity index (χ0v) is 20.9. The number of rotatable bonds is 6. The van der Waals surface area contributed by atoms with Gasteiger partial charge in [0.05, 0.1) is 29.5 Å². The van der Waals surface area contributed by atoms with Crippen molar-refractivity contribution in [2.75, 3.05) is 24.4 Å². The highest BCUT2D eigenvalue weighted by molar-refractivity contribution is 6.31. The number of likely N-dealkylation sites (N-methyl/N-ethyl adjacent to an activating group) is 1. The van der Waals surface area contributed by atoms with Crippen LogP contribution in [0.25, 0.3) is 11.1 Å². The van der Waals surface area contributed by atoms with Crippen LogP contribution in [0.1, 0.15) is 25.0 Å². The number of methoxy groups -OCH3 is 1. The number of amides is 1. The summed E-state index contributed by atoms with van der Waals surface area (Å²) in [5.41, 5.74) is 3.57. The molecule has 9 heteroatoms. The third kappa shape index (κ3) is 4.49. The molecular weight excluding hydrogens is 470 g/mol. The molecule has 0 unspecified atom stereocenters. The van der Waals surface area contributed by atoms with Gasteiger partial charge in [0.25, 0.3) is 11.6 Å². The van der Waals surface area contributed by atoms with Crippen molar-refractivity contribution < 1.29 is 19.2 Å². The van der Waals surface area contributed by atoms with E-state index in [4.69, 9.17) is 21.1 Å². The van der Waals surface area contributed by atoms with Gasteiger partial charge in [0, 0.05) is 29.3 Å². The quantitative estimate of drug-likeness (QED) is 0.334. The Kier molecular flexibility index (Phi) is 6.34. The van der Waals surface area contributed by atoms with E-state index >= 15 is 0 Å². The Labute approximate surface area is 208 Å². The molecule has 0 atom stereocenters. The van der Waals surface area contributed by atoms with Crippen molar-refractivity contribution in [1.82, 2.24) is 0 Å². The maximum atomic E-state index is 13.1. The van der Waals surface area contributed by atoms with Gasteiger partial charge in [-0.15, -0.1) is 0 Å². The van der Waals surface area contributed by atoms with Gasteiger partial charge >= 0.3 is 0 Å². The number of anilines is 2. The third-order valence-corrected chi connectivity index (χ3v) is 6.35. The summed E-state index contributed by atoms with van der Waals surface area (Å²) < 4.78 is 11.7. The van der Waals surface area contributed by atoms with Crippen LogP contribution >= 0.6 is 11.6 Å². The Morgan fingerprint density at radius 1 is 1.09 bits per heavy atom. The number of hydrogen-bond donors (Lipinski definition) is 1. The predicted molar refractivity (Wildman–Crippen MR) is 137 cm³/mol. The zero-order chi connectivity index (χ0) is 25.5. The Morgan fingerprint density at radius 2 is 1.83 bits per heavy atom. The van der Waals surface area contributed by atoms with E-state index in [1.807, 2.05) is 32.9 Å². The van der Waals surface area contributed by atoms with Crippen LogP contribution in [0, 0.1) is 17.0 Å². The molecule has 3 aromatic carbocycles. The molecule has 4 rings (SSSR count). The minimum Gasteiger partial charge on any atom is -0.496 e. The van der Waals surface area contributed by atoms with Crippen LogP contribution in [0.3, 0.4) is 0 Å². The minimum absolute atomic E-state index is 0.0515. The van der Waals surface area contributed by atoms with Gasteiger partial charge < -0.3 is 19.7 Å². The number of nitro groups is 1. The zero-order valence-electron chi connectivity index (χ0n) is 20.1. The van der Waals surface area contributed by atoms with Crippen LogP contribution < -0.4 is 19.7 Å². The summed E-state index contributed by atoms with van der Waals surface area (Å²) in [7, 11) is 3.30. The summed E-state index contributed by atoms with van der Waals surface area (Å²) in [6.07, 6.45) is 0. The molecule has 1 N–H and O–H groups in total. The predicted octanol–water partition coefficient (Wildman–Crippen LogP) is 5.98. The summed E-state index contributed by atoms with van der Waals surface area (Å²) in [5.74, 6) is 0.895. The highest BCUT2D eigenvalue weighted by atomic mass is 35.5. The van der Waals surface area contributed by atoms with E-state index in [0.717, 1.165) is 22.4 Å². The number of fused-ring (bicyclic) bond motifs is 1. The van der Waals surface area contributed by atoms with E-state index in [0.29, 0.717) is 27.8 Å². The summed E-state index contributed by atoms with van der Waals surface area (Å²) in [6, 6.07) is 13.7. The van der Waals surface area contributed by atoms with Crippen molar-refractivity contribution in [2.24, 2.45) is 0 Å². The van der Waals surface area contributed by atoms with Gasteiger partial charge in [-0.2, -0.15) is 0 Å². The van der Waals surface area contributed by atoms with Gasteiger partial charge in [-0.05, 0) is 62.2 Å². The number of nitro benzene ring substituents is 1. The lowest BCUT2D eigenvalue weighted by Crippen LogP contribution is -2.52. The number of halogens is 1. The van der Waals surface area contributed by atoms with E-state index in [1.165, 1.54) is 12.1 Å². The number of hydrogen-bond acceptors (Lipinski definition) is 6. The first kappa shape index (κ1) is 24.3. The topological polar surface area (TPSA) is 93.9 Å². The largest absolute Gasteiger partial charge is 0.496 e. The van der Waals surface area contributed by atoms with E-state index in [9.17, 15) is 14.9 Å².